The fourth-order valence-corrected chi connectivity index (χ4v) is 11.2. The van der Waals surface area contributed by atoms with E-state index in [0.717, 1.165) is 89.7 Å². The standard InChI is InChI=1S/C21H22N2O3.C20H20N2O4S/c24-17-6-3-4-14-12-15(23-21(20(14)17)8-10-25-11-9-21)13-19-22-16-5-1-2-7-18(16)26-19;23-16-6-3-4-13-10-14(11-18-21-15-5-1-2-7-17(15)26-18)22-20(19(13)16)8-9-27(24,25)12-20/h1-2,5,7H,3-4,6,8-13H2;1-2,5,7H,3-4,6,8-12H2. The van der Waals surface area contributed by atoms with Gasteiger partial charge in [-0.3, -0.25) is 19.6 Å². The SMILES string of the molecule is O=C1CCCC2=C1C1(CCOCC1)N=C(Cc1nc3ccccc3o1)C2.O=C1CCCC2=C1C1(CCS(=O)(=O)C1)N=C(Cc1nc3ccccc3o1)C2. The molecular weight excluding hydrogens is 693 g/mol. The van der Waals surface area contributed by atoms with E-state index in [4.69, 9.17) is 23.6 Å². The second-order valence-corrected chi connectivity index (χ2v) is 17.4. The van der Waals surface area contributed by atoms with Gasteiger partial charge in [0.25, 0.3) is 0 Å². The Bertz CT molecular complexity index is 2330. The van der Waals surface area contributed by atoms with Crippen LogP contribution >= 0.6 is 0 Å². The lowest BCUT2D eigenvalue weighted by Crippen LogP contribution is -2.44. The van der Waals surface area contributed by atoms with Gasteiger partial charge in [0.1, 0.15) is 16.6 Å². The third-order valence-electron chi connectivity index (χ3n) is 11.5. The number of hydrogen-bond acceptors (Lipinski definition) is 11. The summed E-state index contributed by atoms with van der Waals surface area (Å²) in [6, 6.07) is 15.4. The smallest absolute Gasteiger partial charge is 0.201 e. The van der Waals surface area contributed by atoms with Gasteiger partial charge >= 0.3 is 0 Å². The zero-order chi connectivity index (χ0) is 36.2. The maximum atomic E-state index is 12.7. The fraction of sp³-hybridized carbons (Fsp3) is 0.463. The molecule has 2 aliphatic carbocycles. The molecule has 2 aromatic heterocycles. The van der Waals surface area contributed by atoms with E-state index in [0.29, 0.717) is 74.9 Å². The molecule has 12 heteroatoms. The van der Waals surface area contributed by atoms with Crippen molar-refractivity contribution < 1.29 is 31.6 Å². The molecule has 4 aromatic rings. The summed E-state index contributed by atoms with van der Waals surface area (Å²) in [5, 5.41) is 0. The van der Waals surface area contributed by atoms with Crippen LogP contribution in [0.5, 0.6) is 0 Å². The van der Waals surface area contributed by atoms with Gasteiger partial charge in [-0.2, -0.15) is 0 Å². The Hall–Kier alpha value is -4.55. The first-order chi connectivity index (χ1) is 25.7. The number of oxazole rings is 2. The molecule has 1 unspecified atom stereocenters. The number of sulfone groups is 1. The minimum absolute atomic E-state index is 0.0539. The average molecular weight is 735 g/mol. The number of rotatable bonds is 4. The van der Waals surface area contributed by atoms with Crippen LogP contribution in [0.1, 0.15) is 82.4 Å². The van der Waals surface area contributed by atoms with E-state index in [1.165, 1.54) is 5.57 Å². The molecule has 1 atom stereocenters. The summed E-state index contributed by atoms with van der Waals surface area (Å²) in [7, 11) is -3.18. The number of aliphatic imine (C=N–C) groups is 2. The highest BCUT2D eigenvalue weighted by Gasteiger charge is 2.51. The monoisotopic (exact) mass is 734 g/mol. The number of hydrogen-bond donors (Lipinski definition) is 0. The molecule has 0 bridgehead atoms. The Balaban J connectivity index is 0.000000141. The number of dihydropyridines is 2. The van der Waals surface area contributed by atoms with Crippen LogP contribution < -0.4 is 0 Å². The predicted octanol–water partition coefficient (Wildman–Crippen LogP) is 6.64. The van der Waals surface area contributed by atoms with E-state index in [1.807, 2.05) is 48.5 Å². The number of carbonyl (C=O) groups excluding carboxylic acids is 2. The first-order valence-electron chi connectivity index (χ1n) is 18.8. The van der Waals surface area contributed by atoms with Crippen molar-refractivity contribution in [3.63, 3.8) is 0 Å². The minimum atomic E-state index is -3.18. The molecule has 2 fully saturated rings. The Kier molecular flexibility index (Phi) is 8.65. The zero-order valence-electron chi connectivity index (χ0n) is 29.7. The van der Waals surface area contributed by atoms with Crippen molar-refractivity contribution in [3.8, 4) is 0 Å². The second kappa shape index (κ2) is 13.4. The predicted molar refractivity (Wildman–Crippen MR) is 200 cm³/mol. The molecule has 0 amide bonds. The van der Waals surface area contributed by atoms with Gasteiger partial charge in [0, 0.05) is 74.3 Å². The second-order valence-electron chi connectivity index (χ2n) is 15.2. The lowest BCUT2D eigenvalue weighted by molar-refractivity contribution is -0.117. The number of benzene rings is 2. The molecule has 0 radical (unpaired) electrons. The number of nitrogens with zero attached hydrogens (tertiary/aromatic N) is 4. The van der Waals surface area contributed by atoms with E-state index in [2.05, 4.69) is 9.97 Å². The number of fused-ring (bicyclic) bond motifs is 4. The first kappa shape index (κ1) is 34.2. The molecule has 6 heterocycles. The Morgan fingerprint density at radius 1 is 0.642 bits per heavy atom. The lowest BCUT2D eigenvalue weighted by atomic mass is 9.71. The molecular formula is C41H42N4O7S. The van der Waals surface area contributed by atoms with Gasteiger partial charge in [0.05, 0.1) is 29.9 Å². The van der Waals surface area contributed by atoms with Gasteiger partial charge in [-0.05, 0) is 56.4 Å². The Morgan fingerprint density at radius 3 is 1.66 bits per heavy atom. The third kappa shape index (κ3) is 6.54. The number of allylic oxidation sites excluding steroid dienone is 2. The molecule has 2 aromatic carbocycles. The lowest BCUT2D eigenvalue weighted by Gasteiger charge is -2.41. The molecule has 0 N–H and O–H groups in total. The number of ether oxygens (including phenoxy) is 1. The van der Waals surface area contributed by atoms with Crippen molar-refractivity contribution in [1.82, 2.24) is 9.97 Å². The van der Waals surface area contributed by atoms with Gasteiger partial charge in [-0.1, -0.05) is 35.4 Å². The number of aromatic nitrogens is 2. The molecule has 274 valence electrons. The Morgan fingerprint density at radius 2 is 1.15 bits per heavy atom. The van der Waals surface area contributed by atoms with Crippen molar-refractivity contribution >= 4 is 55.0 Å². The fourth-order valence-electron chi connectivity index (χ4n) is 9.37. The van der Waals surface area contributed by atoms with E-state index in [1.54, 1.807) is 0 Å². The van der Waals surface area contributed by atoms with Gasteiger partial charge in [0.2, 0.25) is 11.8 Å². The first-order valence-corrected chi connectivity index (χ1v) is 20.6. The molecule has 4 aliphatic heterocycles. The number of ketones is 2. The summed E-state index contributed by atoms with van der Waals surface area (Å²) < 4.78 is 41.8. The van der Waals surface area contributed by atoms with Crippen LogP contribution in [0, 0.1) is 0 Å². The number of para-hydroxylation sites is 4. The average Bonchev–Trinajstić information content (AvgIpc) is 3.82. The molecule has 10 rings (SSSR count). The van der Waals surface area contributed by atoms with Crippen LogP contribution in [0.4, 0.5) is 0 Å². The minimum Gasteiger partial charge on any atom is -0.440 e. The topological polar surface area (TPSA) is 154 Å². The maximum absolute atomic E-state index is 12.7. The molecule has 11 nitrogen and oxygen atoms in total. The van der Waals surface area contributed by atoms with Crippen LogP contribution in [-0.2, 0) is 37.0 Å². The maximum Gasteiger partial charge on any atom is 0.201 e. The summed E-state index contributed by atoms with van der Waals surface area (Å²) in [6.45, 7) is 1.34. The van der Waals surface area contributed by atoms with Crippen LogP contribution in [0.15, 0.2) is 89.6 Å². The van der Waals surface area contributed by atoms with Gasteiger partial charge < -0.3 is 13.6 Å². The van der Waals surface area contributed by atoms with Crippen molar-refractivity contribution in [2.24, 2.45) is 9.98 Å². The molecule has 0 saturated carbocycles. The highest BCUT2D eigenvalue weighted by Crippen LogP contribution is 2.45. The van der Waals surface area contributed by atoms with Crippen molar-refractivity contribution in [2.75, 3.05) is 24.7 Å². The van der Waals surface area contributed by atoms with Gasteiger partial charge in [0.15, 0.2) is 32.6 Å². The van der Waals surface area contributed by atoms with Crippen LogP contribution in [0.2, 0.25) is 0 Å². The van der Waals surface area contributed by atoms with Gasteiger partial charge in [-0.15, -0.1) is 0 Å². The summed E-state index contributed by atoms with van der Waals surface area (Å²) >= 11 is 0. The molecule has 6 aliphatic rings. The molecule has 53 heavy (non-hydrogen) atoms. The highest BCUT2D eigenvalue weighted by atomic mass is 32.2. The number of Topliss-reactive ketones (excluding diaryl/α,β-unsaturated/α-hetero) is 2. The summed E-state index contributed by atoms with van der Waals surface area (Å²) in [6.07, 6.45) is 9.25. The van der Waals surface area contributed by atoms with Crippen molar-refractivity contribution in [1.29, 1.82) is 0 Å². The van der Waals surface area contributed by atoms with Crippen LogP contribution in [-0.4, -0.2) is 77.2 Å². The normalized spacial score (nSPS) is 25.0. The van der Waals surface area contributed by atoms with E-state index >= 15 is 0 Å². The zero-order valence-corrected chi connectivity index (χ0v) is 30.5. The summed E-state index contributed by atoms with van der Waals surface area (Å²) in [4.78, 5) is 44.4. The van der Waals surface area contributed by atoms with E-state index in [9.17, 15) is 18.0 Å². The molecule has 2 saturated heterocycles. The van der Waals surface area contributed by atoms with Crippen LogP contribution in [0.3, 0.4) is 0 Å². The van der Waals surface area contributed by atoms with E-state index in [-0.39, 0.29) is 22.8 Å². The van der Waals surface area contributed by atoms with Gasteiger partial charge in [-0.25, -0.2) is 18.4 Å². The van der Waals surface area contributed by atoms with Crippen LogP contribution in [0.25, 0.3) is 22.2 Å². The highest BCUT2D eigenvalue weighted by molar-refractivity contribution is 7.91. The van der Waals surface area contributed by atoms with Crippen molar-refractivity contribution in [2.45, 2.75) is 94.5 Å². The quantitative estimate of drug-likeness (QED) is 0.225. The molecule has 2 spiro atoms. The number of carbonyl (C=O) groups is 2. The van der Waals surface area contributed by atoms with Crippen molar-refractivity contribution in [3.05, 3.63) is 82.6 Å². The Labute approximate surface area is 307 Å². The summed E-state index contributed by atoms with van der Waals surface area (Å²) in [5.74, 6) is 1.71. The summed E-state index contributed by atoms with van der Waals surface area (Å²) in [5.41, 5.74) is 8.00. The third-order valence-corrected chi connectivity index (χ3v) is 13.3. The largest absolute Gasteiger partial charge is 0.440 e. The van der Waals surface area contributed by atoms with E-state index < -0.39 is 15.4 Å².